The molecule has 1 fully saturated rings. The average Bonchev–Trinajstić information content (AvgIpc) is 2.34. The standard InChI is InChI=1S/C13H17ClN2OS/c1-8-12(3-2-6-18-8)16-9-4-5-11(14)10(7-9)13(15)17/h4-5,7-8,12,16H,2-3,6H2,1H3,(H2,15,17). The Morgan fingerprint density at radius 2 is 2.33 bits per heavy atom. The predicted molar refractivity (Wildman–Crippen MR) is 78.5 cm³/mol. The van der Waals surface area contributed by atoms with Crippen LogP contribution >= 0.6 is 23.4 Å². The van der Waals surface area contributed by atoms with Gasteiger partial charge >= 0.3 is 0 Å². The van der Waals surface area contributed by atoms with Crippen LogP contribution < -0.4 is 11.1 Å². The Hall–Kier alpha value is -0.870. The lowest BCUT2D eigenvalue weighted by atomic mass is 10.1. The van der Waals surface area contributed by atoms with Gasteiger partial charge in [0.2, 0.25) is 5.91 Å². The summed E-state index contributed by atoms with van der Waals surface area (Å²) in [4.78, 5) is 11.2. The number of hydrogen-bond donors (Lipinski definition) is 2. The van der Waals surface area contributed by atoms with Crippen molar-refractivity contribution < 1.29 is 4.79 Å². The van der Waals surface area contributed by atoms with Gasteiger partial charge in [-0.15, -0.1) is 0 Å². The highest BCUT2D eigenvalue weighted by Gasteiger charge is 2.21. The van der Waals surface area contributed by atoms with E-state index in [0.717, 1.165) is 12.1 Å². The van der Waals surface area contributed by atoms with Crippen LogP contribution in [0.25, 0.3) is 0 Å². The van der Waals surface area contributed by atoms with E-state index in [2.05, 4.69) is 12.2 Å². The summed E-state index contributed by atoms with van der Waals surface area (Å²) in [6.45, 7) is 2.23. The maximum atomic E-state index is 11.2. The highest BCUT2D eigenvalue weighted by atomic mass is 35.5. The minimum atomic E-state index is -0.491. The molecule has 0 aromatic heterocycles. The second-order valence-corrected chi connectivity index (χ2v) is 6.42. The van der Waals surface area contributed by atoms with Crippen molar-refractivity contribution in [2.24, 2.45) is 5.73 Å². The zero-order chi connectivity index (χ0) is 13.1. The van der Waals surface area contributed by atoms with Gasteiger partial charge in [-0.05, 0) is 36.8 Å². The highest BCUT2D eigenvalue weighted by molar-refractivity contribution is 8.00. The molecule has 1 aliphatic rings. The fraction of sp³-hybridized carbons (Fsp3) is 0.462. The number of carbonyl (C=O) groups excluding carboxylic acids is 1. The van der Waals surface area contributed by atoms with Crippen molar-refractivity contribution in [3.05, 3.63) is 28.8 Å². The van der Waals surface area contributed by atoms with Crippen molar-refractivity contribution in [1.29, 1.82) is 0 Å². The van der Waals surface area contributed by atoms with Crippen LogP contribution in [0, 0.1) is 0 Å². The third-order valence-electron chi connectivity index (χ3n) is 3.19. The number of nitrogens with two attached hydrogens (primary N) is 1. The molecular weight excluding hydrogens is 268 g/mol. The molecule has 2 unspecified atom stereocenters. The number of rotatable bonds is 3. The summed E-state index contributed by atoms with van der Waals surface area (Å²) in [5.41, 5.74) is 6.57. The van der Waals surface area contributed by atoms with Crippen LogP contribution in [0.15, 0.2) is 18.2 Å². The fourth-order valence-corrected chi connectivity index (χ4v) is 3.48. The average molecular weight is 285 g/mol. The van der Waals surface area contributed by atoms with E-state index in [1.807, 2.05) is 17.8 Å². The molecule has 3 N–H and O–H groups in total. The van der Waals surface area contributed by atoms with E-state index in [-0.39, 0.29) is 0 Å². The Morgan fingerprint density at radius 1 is 1.56 bits per heavy atom. The number of amides is 1. The lowest BCUT2D eigenvalue weighted by Gasteiger charge is -2.30. The number of primary amides is 1. The van der Waals surface area contributed by atoms with Crippen molar-refractivity contribution in [1.82, 2.24) is 0 Å². The minimum Gasteiger partial charge on any atom is -0.381 e. The third kappa shape index (κ3) is 3.12. The molecule has 0 bridgehead atoms. The molecule has 0 aliphatic carbocycles. The van der Waals surface area contributed by atoms with Crippen LogP contribution in [-0.2, 0) is 0 Å². The van der Waals surface area contributed by atoms with Crippen LogP contribution in [0.5, 0.6) is 0 Å². The van der Waals surface area contributed by atoms with Crippen molar-refractivity contribution >= 4 is 35.0 Å². The van der Waals surface area contributed by atoms with Crippen LogP contribution in [0.4, 0.5) is 5.69 Å². The van der Waals surface area contributed by atoms with E-state index < -0.39 is 5.91 Å². The Morgan fingerprint density at radius 3 is 3.00 bits per heavy atom. The molecular formula is C13H17ClN2OS. The third-order valence-corrected chi connectivity index (χ3v) is 4.90. The Bertz CT molecular complexity index is 453. The first kappa shape index (κ1) is 13.6. The van der Waals surface area contributed by atoms with E-state index in [1.165, 1.54) is 12.2 Å². The van der Waals surface area contributed by atoms with Crippen molar-refractivity contribution in [3.63, 3.8) is 0 Å². The van der Waals surface area contributed by atoms with Gasteiger partial charge in [0.25, 0.3) is 0 Å². The van der Waals surface area contributed by atoms with Gasteiger partial charge in [-0.3, -0.25) is 4.79 Å². The molecule has 0 radical (unpaired) electrons. The van der Waals surface area contributed by atoms with Gasteiger partial charge in [0.15, 0.2) is 0 Å². The maximum absolute atomic E-state index is 11.2. The summed E-state index contributed by atoms with van der Waals surface area (Å²) in [6, 6.07) is 5.77. The van der Waals surface area contributed by atoms with Gasteiger partial charge in [-0.1, -0.05) is 18.5 Å². The molecule has 18 heavy (non-hydrogen) atoms. The second-order valence-electron chi connectivity index (χ2n) is 4.53. The van der Waals surface area contributed by atoms with Gasteiger partial charge in [0.1, 0.15) is 0 Å². The summed E-state index contributed by atoms with van der Waals surface area (Å²) in [5.74, 6) is 0.738. The largest absolute Gasteiger partial charge is 0.381 e. The zero-order valence-corrected chi connectivity index (χ0v) is 11.9. The number of nitrogens with one attached hydrogen (secondary N) is 1. The maximum Gasteiger partial charge on any atom is 0.250 e. The monoisotopic (exact) mass is 284 g/mol. The van der Waals surface area contributed by atoms with E-state index in [4.69, 9.17) is 17.3 Å². The van der Waals surface area contributed by atoms with E-state index in [1.54, 1.807) is 12.1 Å². The summed E-state index contributed by atoms with van der Waals surface area (Å²) in [5, 5.41) is 4.44. The van der Waals surface area contributed by atoms with Gasteiger partial charge < -0.3 is 11.1 Å². The second kappa shape index (κ2) is 5.85. The highest BCUT2D eigenvalue weighted by Crippen LogP contribution is 2.28. The van der Waals surface area contributed by atoms with Crippen molar-refractivity contribution in [2.75, 3.05) is 11.1 Å². The van der Waals surface area contributed by atoms with Crippen LogP contribution in [0.2, 0.25) is 5.02 Å². The Labute approximate surface area is 116 Å². The molecule has 5 heteroatoms. The van der Waals surface area contributed by atoms with Gasteiger partial charge in [-0.25, -0.2) is 0 Å². The number of anilines is 1. The van der Waals surface area contributed by atoms with Crippen LogP contribution in [-0.4, -0.2) is 23.0 Å². The molecule has 1 aromatic carbocycles. The lowest BCUT2D eigenvalue weighted by molar-refractivity contribution is 0.100. The van der Waals surface area contributed by atoms with Crippen molar-refractivity contribution in [3.8, 4) is 0 Å². The number of carbonyl (C=O) groups is 1. The molecule has 1 saturated heterocycles. The SMILES string of the molecule is CC1SCCCC1Nc1ccc(Cl)c(C(N)=O)c1. The molecule has 1 amide bonds. The first-order chi connectivity index (χ1) is 8.58. The van der Waals surface area contributed by atoms with Crippen LogP contribution in [0.3, 0.4) is 0 Å². The van der Waals surface area contributed by atoms with E-state index in [0.29, 0.717) is 21.9 Å². The summed E-state index contributed by atoms with van der Waals surface area (Å²) in [7, 11) is 0. The first-order valence-electron chi connectivity index (χ1n) is 6.05. The molecule has 0 spiro atoms. The summed E-state index contributed by atoms with van der Waals surface area (Å²) < 4.78 is 0. The van der Waals surface area contributed by atoms with Gasteiger partial charge in [0.05, 0.1) is 10.6 Å². The van der Waals surface area contributed by atoms with E-state index in [9.17, 15) is 4.79 Å². The normalized spacial score (nSPS) is 23.7. The molecule has 98 valence electrons. The number of hydrogen-bond acceptors (Lipinski definition) is 3. The summed E-state index contributed by atoms with van der Waals surface area (Å²) in [6.07, 6.45) is 2.38. The molecule has 1 heterocycles. The van der Waals surface area contributed by atoms with Crippen LogP contribution in [0.1, 0.15) is 30.1 Å². The van der Waals surface area contributed by atoms with Gasteiger partial charge in [-0.2, -0.15) is 11.8 Å². The number of benzene rings is 1. The predicted octanol–water partition coefficient (Wildman–Crippen LogP) is 3.13. The first-order valence-corrected chi connectivity index (χ1v) is 7.48. The fourth-order valence-electron chi connectivity index (χ4n) is 2.13. The smallest absolute Gasteiger partial charge is 0.250 e. The minimum absolute atomic E-state index is 0.373. The quantitative estimate of drug-likeness (QED) is 0.896. The number of thioether (sulfide) groups is 1. The topological polar surface area (TPSA) is 55.1 Å². The van der Waals surface area contributed by atoms with Crippen molar-refractivity contribution in [2.45, 2.75) is 31.1 Å². The molecule has 1 aliphatic heterocycles. The Kier molecular flexibility index (Phi) is 4.40. The lowest BCUT2D eigenvalue weighted by Crippen LogP contribution is -2.32. The molecule has 2 atom stereocenters. The Balaban J connectivity index is 2.14. The molecule has 1 aromatic rings. The molecule has 3 nitrogen and oxygen atoms in total. The van der Waals surface area contributed by atoms with Gasteiger partial charge in [0, 0.05) is 17.0 Å². The summed E-state index contributed by atoms with van der Waals surface area (Å²) >= 11 is 7.91. The zero-order valence-electron chi connectivity index (χ0n) is 10.3. The molecule has 0 saturated carbocycles. The van der Waals surface area contributed by atoms with E-state index >= 15 is 0 Å². The molecule has 2 rings (SSSR count). The number of halogens is 1.